The van der Waals surface area contributed by atoms with Gasteiger partial charge in [0.15, 0.2) is 0 Å². The molecule has 0 aliphatic heterocycles. The molecular weight excluding hydrogens is 226 g/mol. The van der Waals surface area contributed by atoms with E-state index in [1.165, 1.54) is 19.1 Å². The first kappa shape index (κ1) is 12.5. The fourth-order valence-electron chi connectivity index (χ4n) is 1.24. The Balaban J connectivity index is 3.04. The lowest BCUT2D eigenvalue weighted by Crippen LogP contribution is -2.41. The summed E-state index contributed by atoms with van der Waals surface area (Å²) in [6.07, 6.45) is -4.96. The summed E-state index contributed by atoms with van der Waals surface area (Å²) in [5.41, 5.74) is -0.107. The lowest BCUT2D eigenvalue weighted by atomic mass is 10.2. The Morgan fingerprint density at radius 3 is 2.44 bits per heavy atom. The van der Waals surface area contributed by atoms with Crippen molar-refractivity contribution in [3.8, 4) is 0 Å². The van der Waals surface area contributed by atoms with Crippen molar-refractivity contribution in [2.24, 2.45) is 0 Å². The van der Waals surface area contributed by atoms with E-state index in [9.17, 15) is 22.4 Å². The summed E-state index contributed by atoms with van der Waals surface area (Å²) in [4.78, 5) is 11.5. The first-order valence-corrected chi connectivity index (χ1v) is 4.50. The zero-order valence-electron chi connectivity index (χ0n) is 8.38. The maximum absolute atomic E-state index is 12.8. The third-order valence-corrected chi connectivity index (χ3v) is 1.92. The molecule has 88 valence electrons. The molecule has 0 saturated heterocycles. The van der Waals surface area contributed by atoms with Crippen molar-refractivity contribution in [3.63, 3.8) is 0 Å². The third kappa shape index (κ3) is 2.71. The van der Waals surface area contributed by atoms with Crippen LogP contribution in [-0.2, 0) is 4.79 Å². The van der Waals surface area contributed by atoms with Crippen molar-refractivity contribution in [1.82, 2.24) is 0 Å². The number of anilines is 1. The Kier molecular flexibility index (Phi) is 3.51. The van der Waals surface area contributed by atoms with E-state index in [2.05, 4.69) is 0 Å². The Bertz CT molecular complexity index is 389. The molecule has 1 aromatic carbocycles. The molecule has 1 aromatic rings. The van der Waals surface area contributed by atoms with Crippen LogP contribution in [0.4, 0.5) is 23.2 Å². The third-order valence-electron chi connectivity index (χ3n) is 1.92. The smallest absolute Gasteiger partial charge is 0.305 e. The minimum atomic E-state index is -4.96. The number of benzene rings is 1. The van der Waals surface area contributed by atoms with E-state index in [0.29, 0.717) is 4.90 Å². The normalized spacial score (nSPS) is 11.3. The van der Waals surface area contributed by atoms with Gasteiger partial charge in [0.1, 0.15) is 5.82 Å². The van der Waals surface area contributed by atoms with Gasteiger partial charge in [0.2, 0.25) is 0 Å². The van der Waals surface area contributed by atoms with Crippen molar-refractivity contribution in [1.29, 1.82) is 0 Å². The number of halogens is 4. The molecule has 0 atom stereocenters. The molecule has 0 unspecified atom stereocenters. The summed E-state index contributed by atoms with van der Waals surface area (Å²) in [5, 5.41) is 0. The molecule has 0 N–H and O–H groups in total. The zero-order chi connectivity index (χ0) is 12.3. The van der Waals surface area contributed by atoms with Gasteiger partial charge in [-0.1, -0.05) is 6.07 Å². The molecule has 0 aliphatic carbocycles. The SMILES string of the molecule is CCN(C(=O)C(F)(F)F)c1cccc(F)c1. The molecule has 0 fully saturated rings. The maximum atomic E-state index is 12.8. The molecule has 0 saturated carbocycles. The first-order chi connectivity index (χ1) is 7.36. The molecule has 16 heavy (non-hydrogen) atoms. The van der Waals surface area contributed by atoms with Crippen LogP contribution in [0.5, 0.6) is 0 Å². The zero-order valence-corrected chi connectivity index (χ0v) is 8.38. The van der Waals surface area contributed by atoms with Gasteiger partial charge in [-0.15, -0.1) is 0 Å². The van der Waals surface area contributed by atoms with Crippen LogP contribution in [0.1, 0.15) is 6.92 Å². The van der Waals surface area contributed by atoms with Crippen LogP contribution in [0, 0.1) is 5.82 Å². The highest BCUT2D eigenvalue weighted by Crippen LogP contribution is 2.23. The molecule has 0 bridgehead atoms. The van der Waals surface area contributed by atoms with E-state index in [1.807, 2.05) is 0 Å². The van der Waals surface area contributed by atoms with Gasteiger partial charge < -0.3 is 4.90 Å². The molecule has 0 heterocycles. The minimum Gasteiger partial charge on any atom is -0.305 e. The maximum Gasteiger partial charge on any atom is 0.471 e. The molecule has 0 aromatic heterocycles. The Morgan fingerprint density at radius 2 is 2.00 bits per heavy atom. The van der Waals surface area contributed by atoms with E-state index < -0.39 is 17.9 Å². The van der Waals surface area contributed by atoms with Gasteiger partial charge in [-0.2, -0.15) is 13.2 Å². The Morgan fingerprint density at radius 1 is 1.38 bits per heavy atom. The number of carbonyl (C=O) groups excluding carboxylic acids is 1. The number of hydrogen-bond acceptors (Lipinski definition) is 1. The predicted octanol–water partition coefficient (Wildman–Crippen LogP) is 2.74. The van der Waals surface area contributed by atoms with Crippen molar-refractivity contribution in [3.05, 3.63) is 30.1 Å². The van der Waals surface area contributed by atoms with Crippen LogP contribution in [0.15, 0.2) is 24.3 Å². The summed E-state index contributed by atoms with van der Waals surface area (Å²) in [5.74, 6) is -2.69. The van der Waals surface area contributed by atoms with Gasteiger partial charge in [0.25, 0.3) is 0 Å². The number of amides is 1. The van der Waals surface area contributed by atoms with E-state index in [1.54, 1.807) is 0 Å². The van der Waals surface area contributed by atoms with Crippen molar-refractivity contribution < 1.29 is 22.4 Å². The molecule has 1 rings (SSSR count). The van der Waals surface area contributed by atoms with E-state index in [-0.39, 0.29) is 12.2 Å². The van der Waals surface area contributed by atoms with Gasteiger partial charge in [-0.25, -0.2) is 4.39 Å². The van der Waals surface area contributed by atoms with Gasteiger partial charge in [-0.3, -0.25) is 4.79 Å². The molecular formula is C10H9F4NO. The van der Waals surface area contributed by atoms with E-state index in [4.69, 9.17) is 0 Å². The van der Waals surface area contributed by atoms with Gasteiger partial charge in [0.05, 0.1) is 0 Å². The molecule has 6 heteroatoms. The topological polar surface area (TPSA) is 20.3 Å². The monoisotopic (exact) mass is 235 g/mol. The summed E-state index contributed by atoms with van der Waals surface area (Å²) in [6, 6.07) is 4.47. The van der Waals surface area contributed by atoms with Crippen molar-refractivity contribution >= 4 is 11.6 Å². The number of carbonyl (C=O) groups is 1. The van der Waals surface area contributed by atoms with Crippen LogP contribution in [0.25, 0.3) is 0 Å². The first-order valence-electron chi connectivity index (χ1n) is 4.50. The van der Waals surface area contributed by atoms with Crippen LogP contribution in [0.3, 0.4) is 0 Å². The van der Waals surface area contributed by atoms with Gasteiger partial charge >= 0.3 is 12.1 Å². The number of rotatable bonds is 2. The summed E-state index contributed by atoms with van der Waals surface area (Å²) in [6.45, 7) is 1.20. The fourth-order valence-corrected chi connectivity index (χ4v) is 1.24. The Labute approximate surface area is 89.5 Å². The van der Waals surface area contributed by atoms with Crippen molar-refractivity contribution in [2.75, 3.05) is 11.4 Å². The van der Waals surface area contributed by atoms with Crippen LogP contribution in [0.2, 0.25) is 0 Å². The summed E-state index contributed by atoms with van der Waals surface area (Å²) >= 11 is 0. The fraction of sp³-hybridized carbons (Fsp3) is 0.300. The molecule has 1 amide bonds. The second kappa shape index (κ2) is 4.51. The van der Waals surface area contributed by atoms with E-state index in [0.717, 1.165) is 12.1 Å². The van der Waals surface area contributed by atoms with Gasteiger partial charge in [-0.05, 0) is 25.1 Å². The number of nitrogens with zero attached hydrogens (tertiary/aromatic N) is 1. The summed E-state index contributed by atoms with van der Waals surface area (Å²) in [7, 11) is 0. The second-order valence-electron chi connectivity index (χ2n) is 3.03. The highest BCUT2D eigenvalue weighted by Gasteiger charge is 2.42. The summed E-state index contributed by atoms with van der Waals surface area (Å²) < 4.78 is 49.4. The van der Waals surface area contributed by atoms with Crippen molar-refractivity contribution in [2.45, 2.75) is 13.1 Å². The molecule has 2 nitrogen and oxygen atoms in total. The predicted molar refractivity (Wildman–Crippen MR) is 50.5 cm³/mol. The van der Waals surface area contributed by atoms with Gasteiger partial charge in [0, 0.05) is 12.2 Å². The van der Waals surface area contributed by atoms with E-state index >= 15 is 0 Å². The van der Waals surface area contributed by atoms with Crippen LogP contribution in [-0.4, -0.2) is 18.6 Å². The standard InChI is InChI=1S/C10H9F4NO/c1-2-15(9(16)10(12,13)14)8-5-3-4-7(11)6-8/h3-6H,2H2,1H3. The quantitative estimate of drug-likeness (QED) is 0.722. The number of alkyl halides is 3. The molecule has 0 aliphatic rings. The molecule has 0 spiro atoms. The lowest BCUT2D eigenvalue weighted by molar-refractivity contribution is -0.170. The average Bonchev–Trinajstić information content (AvgIpc) is 2.17. The number of hydrogen-bond donors (Lipinski definition) is 0. The second-order valence-corrected chi connectivity index (χ2v) is 3.03. The highest BCUT2D eigenvalue weighted by molar-refractivity contribution is 5.97. The Hall–Kier alpha value is -1.59. The minimum absolute atomic E-state index is 0.107. The highest BCUT2D eigenvalue weighted by atomic mass is 19.4. The van der Waals surface area contributed by atoms with Crippen LogP contribution < -0.4 is 4.90 Å². The largest absolute Gasteiger partial charge is 0.471 e. The van der Waals surface area contributed by atoms with Crippen LogP contribution >= 0.6 is 0 Å². The lowest BCUT2D eigenvalue weighted by Gasteiger charge is -2.22. The molecule has 0 radical (unpaired) electrons. The average molecular weight is 235 g/mol.